The van der Waals surface area contributed by atoms with Gasteiger partial charge in [-0.15, -0.1) is 0 Å². The van der Waals surface area contributed by atoms with E-state index in [4.69, 9.17) is 5.73 Å². The van der Waals surface area contributed by atoms with E-state index in [1.54, 1.807) is 0 Å². The van der Waals surface area contributed by atoms with E-state index in [2.05, 4.69) is 18.7 Å². The fourth-order valence-corrected chi connectivity index (χ4v) is 3.22. The van der Waals surface area contributed by atoms with Crippen LogP contribution in [0.25, 0.3) is 0 Å². The molecule has 0 radical (unpaired) electrons. The van der Waals surface area contributed by atoms with Crippen molar-refractivity contribution in [1.82, 2.24) is 4.90 Å². The normalized spacial score (nSPS) is 23.8. The molecular weight excluding hydrogens is 220 g/mol. The molecular formula is C16H34N2. The van der Waals surface area contributed by atoms with E-state index >= 15 is 0 Å². The van der Waals surface area contributed by atoms with Crippen LogP contribution in [0, 0.1) is 5.92 Å². The van der Waals surface area contributed by atoms with Gasteiger partial charge in [0.1, 0.15) is 0 Å². The van der Waals surface area contributed by atoms with Gasteiger partial charge in [0.15, 0.2) is 0 Å². The van der Waals surface area contributed by atoms with Crippen LogP contribution in [-0.2, 0) is 0 Å². The molecule has 0 bridgehead atoms. The minimum absolute atomic E-state index is 0.650. The van der Waals surface area contributed by atoms with Crippen LogP contribution in [0.2, 0.25) is 0 Å². The molecule has 2 unspecified atom stereocenters. The Morgan fingerprint density at radius 2 is 1.94 bits per heavy atom. The van der Waals surface area contributed by atoms with Crippen molar-refractivity contribution in [3.8, 4) is 0 Å². The Morgan fingerprint density at radius 3 is 2.61 bits per heavy atom. The van der Waals surface area contributed by atoms with Crippen molar-refractivity contribution in [2.45, 2.75) is 77.7 Å². The highest BCUT2D eigenvalue weighted by Gasteiger charge is 2.21. The second-order valence-corrected chi connectivity index (χ2v) is 5.98. The molecule has 1 fully saturated rings. The molecule has 0 aromatic rings. The second kappa shape index (κ2) is 9.80. The van der Waals surface area contributed by atoms with Crippen LogP contribution in [-0.4, -0.2) is 30.6 Å². The van der Waals surface area contributed by atoms with E-state index in [0.29, 0.717) is 6.04 Å². The smallest absolute Gasteiger partial charge is 0.0218 e. The quantitative estimate of drug-likeness (QED) is 0.668. The van der Waals surface area contributed by atoms with Crippen molar-refractivity contribution in [2.75, 3.05) is 19.6 Å². The number of unbranched alkanes of at least 4 members (excludes halogenated alkanes) is 3. The van der Waals surface area contributed by atoms with Gasteiger partial charge in [0, 0.05) is 12.6 Å². The molecule has 0 aliphatic carbocycles. The first-order chi connectivity index (χ1) is 8.81. The molecule has 1 aliphatic heterocycles. The molecule has 0 aromatic carbocycles. The van der Waals surface area contributed by atoms with Crippen molar-refractivity contribution in [1.29, 1.82) is 0 Å². The third kappa shape index (κ3) is 5.71. The van der Waals surface area contributed by atoms with Gasteiger partial charge in [0.2, 0.25) is 0 Å². The highest BCUT2D eigenvalue weighted by Crippen LogP contribution is 2.22. The van der Waals surface area contributed by atoms with Crippen molar-refractivity contribution in [2.24, 2.45) is 11.7 Å². The van der Waals surface area contributed by atoms with Crippen LogP contribution in [0.1, 0.15) is 71.6 Å². The summed E-state index contributed by atoms with van der Waals surface area (Å²) in [5.41, 5.74) is 5.99. The van der Waals surface area contributed by atoms with E-state index in [0.717, 1.165) is 12.5 Å². The summed E-state index contributed by atoms with van der Waals surface area (Å²) >= 11 is 0. The first-order valence-corrected chi connectivity index (χ1v) is 8.25. The van der Waals surface area contributed by atoms with E-state index in [1.807, 2.05) is 0 Å². The maximum atomic E-state index is 5.99. The highest BCUT2D eigenvalue weighted by molar-refractivity contribution is 4.77. The van der Waals surface area contributed by atoms with Gasteiger partial charge in [-0.2, -0.15) is 0 Å². The Bertz CT molecular complexity index is 194. The summed E-state index contributed by atoms with van der Waals surface area (Å²) in [5.74, 6) is 0.966. The number of likely N-dealkylation sites (tertiary alicyclic amines) is 1. The average molecular weight is 254 g/mol. The lowest BCUT2D eigenvalue weighted by Gasteiger charge is -2.29. The maximum absolute atomic E-state index is 5.99. The van der Waals surface area contributed by atoms with Gasteiger partial charge in [0.25, 0.3) is 0 Å². The van der Waals surface area contributed by atoms with Gasteiger partial charge >= 0.3 is 0 Å². The molecule has 18 heavy (non-hydrogen) atoms. The highest BCUT2D eigenvalue weighted by atomic mass is 15.2. The molecule has 108 valence electrons. The predicted molar refractivity (Wildman–Crippen MR) is 80.8 cm³/mol. The topological polar surface area (TPSA) is 29.3 Å². The summed E-state index contributed by atoms with van der Waals surface area (Å²) in [7, 11) is 0. The summed E-state index contributed by atoms with van der Waals surface area (Å²) in [6.07, 6.45) is 12.3. The van der Waals surface area contributed by atoms with Gasteiger partial charge in [-0.3, -0.25) is 4.90 Å². The fraction of sp³-hybridized carbons (Fsp3) is 1.00. The van der Waals surface area contributed by atoms with Crippen LogP contribution in [0.3, 0.4) is 0 Å². The largest absolute Gasteiger partial charge is 0.329 e. The number of hydrogen-bond acceptors (Lipinski definition) is 2. The maximum Gasteiger partial charge on any atom is 0.0218 e. The first-order valence-electron chi connectivity index (χ1n) is 8.25. The summed E-state index contributed by atoms with van der Waals surface area (Å²) in [6, 6.07) is 0.650. The van der Waals surface area contributed by atoms with Gasteiger partial charge in [-0.05, 0) is 44.7 Å². The molecule has 1 saturated heterocycles. The van der Waals surface area contributed by atoms with Crippen LogP contribution in [0.4, 0.5) is 0 Å². The lowest BCUT2D eigenvalue weighted by atomic mass is 9.98. The van der Waals surface area contributed by atoms with Gasteiger partial charge in [0.05, 0.1) is 0 Å². The SMILES string of the molecule is CCCCCCC(CN)N1CCCC(CC)CC1. The molecule has 0 spiro atoms. The summed E-state index contributed by atoms with van der Waals surface area (Å²) in [6.45, 7) is 8.04. The number of nitrogens with zero attached hydrogens (tertiary/aromatic N) is 1. The molecule has 2 nitrogen and oxygen atoms in total. The van der Waals surface area contributed by atoms with E-state index < -0.39 is 0 Å². The van der Waals surface area contributed by atoms with Crippen molar-refractivity contribution < 1.29 is 0 Å². The Morgan fingerprint density at radius 1 is 1.11 bits per heavy atom. The number of nitrogens with two attached hydrogens (primary N) is 1. The standard InChI is InChI=1S/C16H34N2/c1-3-5-6-7-10-16(14-17)18-12-8-9-15(4-2)11-13-18/h15-16H,3-14,17H2,1-2H3. The van der Waals surface area contributed by atoms with Crippen LogP contribution in [0.5, 0.6) is 0 Å². The summed E-state index contributed by atoms with van der Waals surface area (Å²) in [5, 5.41) is 0. The van der Waals surface area contributed by atoms with Gasteiger partial charge in [-0.1, -0.05) is 46.0 Å². The van der Waals surface area contributed by atoms with Crippen molar-refractivity contribution >= 4 is 0 Å². The molecule has 0 saturated carbocycles. The minimum Gasteiger partial charge on any atom is -0.329 e. The monoisotopic (exact) mass is 254 g/mol. The van der Waals surface area contributed by atoms with E-state index in [-0.39, 0.29) is 0 Å². The Hall–Kier alpha value is -0.0800. The zero-order valence-electron chi connectivity index (χ0n) is 12.7. The molecule has 2 atom stereocenters. The lowest BCUT2D eigenvalue weighted by molar-refractivity contribution is 0.192. The second-order valence-electron chi connectivity index (χ2n) is 5.98. The molecule has 1 rings (SSSR count). The molecule has 0 amide bonds. The average Bonchev–Trinajstić information content (AvgIpc) is 2.64. The lowest BCUT2D eigenvalue weighted by Crippen LogP contribution is -2.41. The molecule has 0 aromatic heterocycles. The third-order valence-corrected chi connectivity index (χ3v) is 4.64. The number of hydrogen-bond donors (Lipinski definition) is 1. The fourth-order valence-electron chi connectivity index (χ4n) is 3.22. The molecule has 1 heterocycles. The summed E-state index contributed by atoms with van der Waals surface area (Å²) in [4.78, 5) is 2.68. The van der Waals surface area contributed by atoms with Gasteiger partial charge in [-0.25, -0.2) is 0 Å². The molecule has 1 aliphatic rings. The first kappa shape index (κ1) is 16.0. The van der Waals surface area contributed by atoms with Crippen molar-refractivity contribution in [3.63, 3.8) is 0 Å². The van der Waals surface area contributed by atoms with E-state index in [9.17, 15) is 0 Å². The Kier molecular flexibility index (Phi) is 8.70. The van der Waals surface area contributed by atoms with Gasteiger partial charge < -0.3 is 5.73 Å². The zero-order chi connectivity index (χ0) is 13.2. The Balaban J connectivity index is 2.29. The molecule has 2 heteroatoms. The Labute approximate surface area is 114 Å². The van der Waals surface area contributed by atoms with E-state index in [1.165, 1.54) is 70.9 Å². The third-order valence-electron chi connectivity index (χ3n) is 4.64. The molecule has 2 N–H and O–H groups in total. The van der Waals surface area contributed by atoms with Crippen LogP contribution >= 0.6 is 0 Å². The van der Waals surface area contributed by atoms with Crippen LogP contribution in [0.15, 0.2) is 0 Å². The zero-order valence-corrected chi connectivity index (χ0v) is 12.7. The summed E-state index contributed by atoms with van der Waals surface area (Å²) < 4.78 is 0. The number of rotatable bonds is 8. The van der Waals surface area contributed by atoms with Crippen molar-refractivity contribution in [3.05, 3.63) is 0 Å². The van der Waals surface area contributed by atoms with Crippen LogP contribution < -0.4 is 5.73 Å². The minimum atomic E-state index is 0.650. The predicted octanol–water partition coefficient (Wildman–Crippen LogP) is 3.80.